The molecule has 1 amide bonds. The van der Waals surface area contributed by atoms with Gasteiger partial charge in [-0.3, -0.25) is 4.79 Å². The van der Waals surface area contributed by atoms with Crippen molar-refractivity contribution in [2.45, 2.75) is 19.9 Å². The molecule has 1 N–H and O–H groups in total. The molecule has 130 valence electrons. The molecular weight excluding hydrogens is 332 g/mol. The number of tetrazole rings is 1. The summed E-state index contributed by atoms with van der Waals surface area (Å²) in [6.45, 7) is 3.86. The van der Waals surface area contributed by atoms with Gasteiger partial charge in [-0.15, -0.1) is 10.2 Å². The summed E-state index contributed by atoms with van der Waals surface area (Å²) in [5.74, 6) is 0.131. The summed E-state index contributed by atoms with van der Waals surface area (Å²) in [5, 5.41) is 18.4. The Balaban J connectivity index is 1.68. The van der Waals surface area contributed by atoms with Crippen molar-refractivity contribution in [1.29, 1.82) is 0 Å². The molecule has 0 bridgehead atoms. The Bertz CT molecular complexity index is 1060. The number of amides is 1. The highest BCUT2D eigenvalue weighted by molar-refractivity contribution is 5.95. The number of nitrogens with zero attached hydrogens (tertiary/aromatic N) is 7. The molecule has 1 atom stereocenters. The van der Waals surface area contributed by atoms with Gasteiger partial charge < -0.3 is 5.32 Å². The minimum atomic E-state index is -0.702. The summed E-state index contributed by atoms with van der Waals surface area (Å²) in [6.07, 6.45) is 1.41. The summed E-state index contributed by atoms with van der Waals surface area (Å²) in [6, 6.07) is 12.3. The Morgan fingerprint density at radius 1 is 1.15 bits per heavy atom. The standard InChI is InChI=1S/C17H16N8O/c1-11-8-12(2)25-15(19-11)9-14(21-25)20-17(26)16(24-10-18-22-23-24)13-6-4-3-5-7-13/h3-10,16H,1-2H3,(H,20,21,26). The van der Waals surface area contributed by atoms with Crippen molar-refractivity contribution in [3.8, 4) is 0 Å². The lowest BCUT2D eigenvalue weighted by Gasteiger charge is -2.15. The van der Waals surface area contributed by atoms with Crippen LogP contribution >= 0.6 is 0 Å². The number of benzene rings is 1. The Kier molecular flexibility index (Phi) is 3.88. The number of carbonyl (C=O) groups excluding carboxylic acids is 1. The third-order valence-corrected chi connectivity index (χ3v) is 3.98. The van der Waals surface area contributed by atoms with E-state index in [-0.39, 0.29) is 5.91 Å². The van der Waals surface area contributed by atoms with Crippen molar-refractivity contribution in [1.82, 2.24) is 34.8 Å². The summed E-state index contributed by atoms with van der Waals surface area (Å²) < 4.78 is 3.10. The molecule has 0 aliphatic carbocycles. The first-order valence-electron chi connectivity index (χ1n) is 8.04. The molecule has 9 heteroatoms. The smallest absolute Gasteiger partial charge is 0.255 e. The van der Waals surface area contributed by atoms with Gasteiger partial charge in [0.05, 0.1) is 0 Å². The highest BCUT2D eigenvalue weighted by Crippen LogP contribution is 2.20. The van der Waals surface area contributed by atoms with Crippen molar-refractivity contribution in [3.05, 3.63) is 65.7 Å². The number of aromatic nitrogens is 7. The topological polar surface area (TPSA) is 103 Å². The van der Waals surface area contributed by atoms with Gasteiger partial charge in [-0.25, -0.2) is 14.2 Å². The minimum absolute atomic E-state index is 0.290. The van der Waals surface area contributed by atoms with E-state index >= 15 is 0 Å². The molecule has 0 fully saturated rings. The SMILES string of the molecule is Cc1cc(C)n2nc(NC(=O)C(c3ccccc3)n3cnnn3)cc2n1. The Morgan fingerprint density at radius 3 is 2.69 bits per heavy atom. The van der Waals surface area contributed by atoms with Gasteiger partial charge in [-0.1, -0.05) is 30.3 Å². The third kappa shape index (κ3) is 2.90. The monoisotopic (exact) mass is 348 g/mol. The van der Waals surface area contributed by atoms with Crippen molar-refractivity contribution >= 4 is 17.4 Å². The van der Waals surface area contributed by atoms with Crippen LogP contribution in [0.25, 0.3) is 5.65 Å². The van der Waals surface area contributed by atoms with Gasteiger partial charge in [0.25, 0.3) is 5.91 Å². The molecule has 0 saturated carbocycles. The molecule has 1 aromatic carbocycles. The third-order valence-electron chi connectivity index (χ3n) is 3.98. The summed E-state index contributed by atoms with van der Waals surface area (Å²) in [7, 11) is 0. The molecule has 1 unspecified atom stereocenters. The number of aryl methyl sites for hydroxylation is 2. The number of hydrogen-bond acceptors (Lipinski definition) is 6. The number of fused-ring (bicyclic) bond motifs is 1. The minimum Gasteiger partial charge on any atom is -0.307 e. The van der Waals surface area contributed by atoms with E-state index in [9.17, 15) is 4.79 Å². The van der Waals surface area contributed by atoms with E-state index in [1.807, 2.05) is 50.2 Å². The molecule has 4 aromatic rings. The van der Waals surface area contributed by atoms with Crippen molar-refractivity contribution in [2.75, 3.05) is 5.32 Å². The van der Waals surface area contributed by atoms with Crippen LogP contribution in [0.15, 0.2) is 48.8 Å². The predicted octanol–water partition coefficient (Wildman–Crippen LogP) is 1.56. The van der Waals surface area contributed by atoms with Crippen LogP contribution in [0.1, 0.15) is 23.0 Å². The van der Waals surface area contributed by atoms with Crippen LogP contribution in [0.4, 0.5) is 5.82 Å². The van der Waals surface area contributed by atoms with Crippen LogP contribution in [0, 0.1) is 13.8 Å². The van der Waals surface area contributed by atoms with Crippen molar-refractivity contribution < 1.29 is 4.79 Å². The molecule has 0 radical (unpaired) electrons. The van der Waals surface area contributed by atoms with E-state index in [1.165, 1.54) is 11.0 Å². The fraction of sp³-hybridized carbons (Fsp3) is 0.176. The lowest BCUT2D eigenvalue weighted by atomic mass is 10.1. The normalized spacial score (nSPS) is 12.2. The zero-order valence-electron chi connectivity index (χ0n) is 14.2. The summed E-state index contributed by atoms with van der Waals surface area (Å²) in [4.78, 5) is 17.4. The highest BCUT2D eigenvalue weighted by Gasteiger charge is 2.24. The lowest BCUT2D eigenvalue weighted by molar-refractivity contribution is -0.118. The van der Waals surface area contributed by atoms with Gasteiger partial charge in [-0.05, 0) is 35.9 Å². The fourth-order valence-electron chi connectivity index (χ4n) is 2.89. The van der Waals surface area contributed by atoms with Gasteiger partial charge >= 0.3 is 0 Å². The molecule has 9 nitrogen and oxygen atoms in total. The molecule has 26 heavy (non-hydrogen) atoms. The molecule has 3 heterocycles. The summed E-state index contributed by atoms with van der Waals surface area (Å²) >= 11 is 0. The Morgan fingerprint density at radius 2 is 1.96 bits per heavy atom. The van der Waals surface area contributed by atoms with Crippen molar-refractivity contribution in [3.63, 3.8) is 0 Å². The molecular formula is C17H16N8O. The van der Waals surface area contributed by atoms with Gasteiger partial charge in [0.2, 0.25) is 0 Å². The summed E-state index contributed by atoms with van der Waals surface area (Å²) in [5.41, 5.74) is 3.28. The lowest BCUT2D eigenvalue weighted by Crippen LogP contribution is -2.27. The highest BCUT2D eigenvalue weighted by atomic mass is 16.2. The second-order valence-corrected chi connectivity index (χ2v) is 5.93. The second kappa shape index (κ2) is 6.36. The molecule has 0 aliphatic rings. The first-order valence-corrected chi connectivity index (χ1v) is 8.04. The average molecular weight is 348 g/mol. The molecule has 0 saturated heterocycles. The van der Waals surface area contributed by atoms with Gasteiger partial charge in [0, 0.05) is 17.5 Å². The molecule has 3 aromatic heterocycles. The molecule has 4 rings (SSSR count). The van der Waals surface area contributed by atoms with E-state index in [2.05, 4.69) is 30.9 Å². The number of hydrogen-bond donors (Lipinski definition) is 1. The molecule has 0 spiro atoms. The first kappa shape index (κ1) is 15.9. The number of nitrogens with one attached hydrogen (secondary N) is 1. The average Bonchev–Trinajstić information content (AvgIpc) is 3.26. The molecule has 0 aliphatic heterocycles. The van der Waals surface area contributed by atoms with Crippen molar-refractivity contribution in [2.24, 2.45) is 0 Å². The van der Waals surface area contributed by atoms with Crippen LogP contribution < -0.4 is 5.32 Å². The number of rotatable bonds is 4. The van der Waals surface area contributed by atoms with Crippen LogP contribution in [-0.2, 0) is 4.79 Å². The van der Waals surface area contributed by atoms with Gasteiger partial charge in [-0.2, -0.15) is 0 Å². The quantitative estimate of drug-likeness (QED) is 0.600. The van der Waals surface area contributed by atoms with Crippen LogP contribution in [0.2, 0.25) is 0 Å². The first-order chi connectivity index (χ1) is 12.6. The Labute approximate surface area is 148 Å². The maximum absolute atomic E-state index is 12.9. The Hall–Kier alpha value is -3.62. The van der Waals surface area contributed by atoms with E-state index in [1.54, 1.807) is 10.6 Å². The maximum atomic E-state index is 12.9. The predicted molar refractivity (Wildman–Crippen MR) is 93.5 cm³/mol. The number of anilines is 1. The van der Waals surface area contributed by atoms with E-state index < -0.39 is 6.04 Å². The largest absolute Gasteiger partial charge is 0.307 e. The van der Waals surface area contributed by atoms with Crippen LogP contribution in [0.5, 0.6) is 0 Å². The zero-order chi connectivity index (χ0) is 18.1. The van der Waals surface area contributed by atoms with Crippen LogP contribution in [0.3, 0.4) is 0 Å². The number of carbonyl (C=O) groups is 1. The van der Waals surface area contributed by atoms with E-state index in [0.29, 0.717) is 11.5 Å². The van der Waals surface area contributed by atoms with E-state index in [4.69, 9.17) is 0 Å². The maximum Gasteiger partial charge on any atom is 0.255 e. The van der Waals surface area contributed by atoms with E-state index in [0.717, 1.165) is 17.0 Å². The zero-order valence-corrected chi connectivity index (χ0v) is 14.2. The van der Waals surface area contributed by atoms with Gasteiger partial charge in [0.15, 0.2) is 17.5 Å². The van der Waals surface area contributed by atoms with Crippen LogP contribution in [-0.4, -0.2) is 40.7 Å². The second-order valence-electron chi connectivity index (χ2n) is 5.93. The van der Waals surface area contributed by atoms with Gasteiger partial charge in [0.1, 0.15) is 6.33 Å². The fourth-order valence-corrected chi connectivity index (χ4v) is 2.89.